The molecular formula is C22H16N2O6. The van der Waals surface area contributed by atoms with Gasteiger partial charge in [0.2, 0.25) is 17.2 Å². The Balaban J connectivity index is 1.96. The highest BCUT2D eigenvalue weighted by Gasteiger charge is 2.61. The summed E-state index contributed by atoms with van der Waals surface area (Å²) in [4.78, 5) is 40.0. The fourth-order valence-electron chi connectivity index (χ4n) is 4.19. The lowest BCUT2D eigenvalue weighted by Crippen LogP contribution is -2.48. The number of rotatable bonds is 2. The van der Waals surface area contributed by atoms with Gasteiger partial charge in [0, 0.05) is 11.3 Å². The fourth-order valence-corrected chi connectivity index (χ4v) is 4.19. The SMILES string of the molecule is CCOC(=O)C1=C(N)Oc2oc3ccccc3c(=O)c2C12C(=O)Nc1ccccc12. The molecule has 1 spiro atoms. The maximum absolute atomic E-state index is 13.6. The topological polar surface area (TPSA) is 121 Å². The summed E-state index contributed by atoms with van der Waals surface area (Å²) in [6, 6.07) is 13.4. The summed E-state index contributed by atoms with van der Waals surface area (Å²) in [6.07, 6.45) is 0. The van der Waals surface area contributed by atoms with Gasteiger partial charge in [-0.3, -0.25) is 9.59 Å². The Morgan fingerprint density at radius 1 is 1.13 bits per heavy atom. The highest BCUT2D eigenvalue weighted by atomic mass is 16.6. The number of carbonyl (C=O) groups is 2. The molecule has 0 saturated carbocycles. The summed E-state index contributed by atoms with van der Waals surface area (Å²) in [5.41, 5.74) is 4.53. The molecule has 0 aliphatic carbocycles. The third-order valence-electron chi connectivity index (χ3n) is 5.36. The average molecular weight is 404 g/mol. The van der Waals surface area contributed by atoms with Crippen molar-refractivity contribution < 1.29 is 23.5 Å². The molecule has 1 atom stereocenters. The fraction of sp³-hybridized carbons (Fsp3) is 0.136. The van der Waals surface area contributed by atoms with Crippen molar-refractivity contribution in [3.63, 3.8) is 0 Å². The monoisotopic (exact) mass is 404 g/mol. The van der Waals surface area contributed by atoms with Crippen LogP contribution >= 0.6 is 0 Å². The van der Waals surface area contributed by atoms with E-state index in [1.807, 2.05) is 0 Å². The van der Waals surface area contributed by atoms with Crippen molar-refractivity contribution in [1.29, 1.82) is 0 Å². The molecule has 3 aromatic rings. The van der Waals surface area contributed by atoms with Crippen molar-refractivity contribution in [3.8, 4) is 5.95 Å². The molecule has 30 heavy (non-hydrogen) atoms. The zero-order chi connectivity index (χ0) is 21.0. The van der Waals surface area contributed by atoms with Gasteiger partial charge in [0.05, 0.1) is 12.0 Å². The van der Waals surface area contributed by atoms with Crippen molar-refractivity contribution in [2.75, 3.05) is 11.9 Å². The normalized spacial score (nSPS) is 19.3. The van der Waals surface area contributed by atoms with E-state index in [4.69, 9.17) is 19.6 Å². The Morgan fingerprint density at radius 2 is 1.87 bits per heavy atom. The second-order valence-electron chi connectivity index (χ2n) is 6.90. The van der Waals surface area contributed by atoms with Gasteiger partial charge >= 0.3 is 11.9 Å². The van der Waals surface area contributed by atoms with Gasteiger partial charge in [-0.1, -0.05) is 30.3 Å². The lowest BCUT2D eigenvalue weighted by molar-refractivity contribution is -0.140. The maximum Gasteiger partial charge on any atom is 0.341 e. The summed E-state index contributed by atoms with van der Waals surface area (Å²) in [7, 11) is 0. The lowest BCUT2D eigenvalue weighted by atomic mass is 9.69. The van der Waals surface area contributed by atoms with Crippen LogP contribution in [-0.4, -0.2) is 18.5 Å². The number of hydrogen-bond donors (Lipinski definition) is 2. The minimum Gasteiger partial charge on any atom is -0.462 e. The number of nitrogens with two attached hydrogens (primary N) is 1. The highest BCUT2D eigenvalue weighted by molar-refractivity contribution is 6.17. The van der Waals surface area contributed by atoms with E-state index in [2.05, 4.69) is 5.32 Å². The standard InChI is InChI=1S/C22H16N2O6/c1-2-28-19(26)16-18(23)30-20-15(17(25)11-7-3-6-10-14(11)29-20)22(16)12-8-4-5-9-13(12)24-21(22)27/h3-10H,2,23H2,1H3,(H,24,27). The van der Waals surface area contributed by atoms with E-state index in [1.54, 1.807) is 55.5 Å². The van der Waals surface area contributed by atoms with E-state index < -0.39 is 22.7 Å². The highest BCUT2D eigenvalue weighted by Crippen LogP contribution is 2.52. The third-order valence-corrected chi connectivity index (χ3v) is 5.36. The Labute approximate surface area is 169 Å². The first-order chi connectivity index (χ1) is 14.5. The van der Waals surface area contributed by atoms with E-state index in [-0.39, 0.29) is 40.5 Å². The summed E-state index contributed by atoms with van der Waals surface area (Å²) in [6.45, 7) is 1.68. The number of hydrogen-bond acceptors (Lipinski definition) is 7. The average Bonchev–Trinajstić information content (AvgIpc) is 3.00. The minimum absolute atomic E-state index is 0.0497. The van der Waals surface area contributed by atoms with E-state index >= 15 is 0 Å². The van der Waals surface area contributed by atoms with Gasteiger partial charge in [-0.05, 0) is 25.1 Å². The van der Waals surface area contributed by atoms with Crippen molar-refractivity contribution in [3.05, 3.63) is 81.3 Å². The molecule has 8 heteroatoms. The Bertz CT molecular complexity index is 1340. The molecule has 1 amide bonds. The number of ether oxygens (including phenoxy) is 2. The number of para-hydroxylation sites is 2. The molecule has 0 saturated heterocycles. The van der Waals surface area contributed by atoms with E-state index in [1.165, 1.54) is 0 Å². The van der Waals surface area contributed by atoms with Gasteiger partial charge in [0.15, 0.2) is 0 Å². The van der Waals surface area contributed by atoms with Gasteiger partial charge < -0.3 is 24.9 Å². The van der Waals surface area contributed by atoms with E-state index in [0.717, 1.165) is 0 Å². The van der Waals surface area contributed by atoms with Crippen LogP contribution in [0.15, 0.2) is 69.2 Å². The van der Waals surface area contributed by atoms with Crippen LogP contribution < -0.4 is 21.2 Å². The minimum atomic E-state index is -1.86. The second kappa shape index (κ2) is 6.21. The Morgan fingerprint density at radius 3 is 2.67 bits per heavy atom. The van der Waals surface area contributed by atoms with Crippen LogP contribution in [0.4, 0.5) is 5.69 Å². The number of nitrogens with one attached hydrogen (secondary N) is 1. The predicted molar refractivity (Wildman–Crippen MR) is 107 cm³/mol. The third kappa shape index (κ3) is 2.13. The van der Waals surface area contributed by atoms with Crippen LogP contribution in [0, 0.1) is 0 Å². The van der Waals surface area contributed by atoms with E-state index in [9.17, 15) is 14.4 Å². The molecule has 1 unspecified atom stereocenters. The van der Waals surface area contributed by atoms with Crippen molar-refractivity contribution in [2.45, 2.75) is 12.3 Å². The maximum atomic E-state index is 13.6. The molecule has 3 N–H and O–H groups in total. The van der Waals surface area contributed by atoms with Crippen LogP contribution in [0.3, 0.4) is 0 Å². The number of benzene rings is 2. The first kappa shape index (κ1) is 18.0. The Hall–Kier alpha value is -4.07. The van der Waals surface area contributed by atoms with Crippen LogP contribution in [0.25, 0.3) is 11.0 Å². The molecule has 150 valence electrons. The molecule has 1 aromatic heterocycles. The largest absolute Gasteiger partial charge is 0.462 e. The predicted octanol–water partition coefficient (Wildman–Crippen LogP) is 2.16. The van der Waals surface area contributed by atoms with Gasteiger partial charge in [-0.25, -0.2) is 4.79 Å². The van der Waals surface area contributed by atoms with Crippen LogP contribution in [0.5, 0.6) is 5.95 Å². The van der Waals surface area contributed by atoms with Crippen molar-refractivity contribution in [1.82, 2.24) is 0 Å². The molecule has 0 bridgehead atoms. The number of anilines is 1. The van der Waals surface area contributed by atoms with Gasteiger partial charge in [-0.2, -0.15) is 0 Å². The molecule has 2 aliphatic heterocycles. The molecule has 0 fully saturated rings. The zero-order valence-corrected chi connectivity index (χ0v) is 15.9. The van der Waals surface area contributed by atoms with Crippen LogP contribution in [0.2, 0.25) is 0 Å². The molecule has 5 rings (SSSR count). The summed E-state index contributed by atoms with van der Waals surface area (Å²) in [5, 5.41) is 3.00. The molecule has 8 nitrogen and oxygen atoms in total. The number of amides is 1. The molecular weight excluding hydrogens is 388 g/mol. The van der Waals surface area contributed by atoms with Crippen LogP contribution in [0.1, 0.15) is 18.1 Å². The second-order valence-corrected chi connectivity index (χ2v) is 6.90. The van der Waals surface area contributed by atoms with Gasteiger partial charge in [0.1, 0.15) is 22.1 Å². The number of carbonyl (C=O) groups excluding carboxylic acids is 2. The van der Waals surface area contributed by atoms with E-state index in [0.29, 0.717) is 11.3 Å². The number of fused-ring (bicyclic) bond motifs is 5. The summed E-state index contributed by atoms with van der Waals surface area (Å²) < 4.78 is 16.5. The smallest absolute Gasteiger partial charge is 0.341 e. The Kier molecular flexibility index (Phi) is 3.73. The first-order valence-corrected chi connectivity index (χ1v) is 9.32. The molecule has 2 aliphatic rings. The van der Waals surface area contributed by atoms with Crippen molar-refractivity contribution >= 4 is 28.5 Å². The zero-order valence-electron chi connectivity index (χ0n) is 15.9. The summed E-state index contributed by atoms with van der Waals surface area (Å²) >= 11 is 0. The first-order valence-electron chi connectivity index (χ1n) is 9.32. The molecule has 2 aromatic carbocycles. The van der Waals surface area contributed by atoms with Crippen LogP contribution in [-0.2, 0) is 19.7 Å². The molecule has 3 heterocycles. The number of esters is 1. The van der Waals surface area contributed by atoms with Gasteiger partial charge in [0.25, 0.3) is 0 Å². The summed E-state index contributed by atoms with van der Waals surface area (Å²) in [5.74, 6) is -2.04. The van der Waals surface area contributed by atoms with Gasteiger partial charge in [-0.15, -0.1) is 0 Å². The van der Waals surface area contributed by atoms with Crippen molar-refractivity contribution in [2.24, 2.45) is 5.73 Å². The quantitative estimate of drug-likeness (QED) is 0.628. The lowest BCUT2D eigenvalue weighted by Gasteiger charge is -2.33. The molecule has 0 radical (unpaired) electrons.